The number of hydrogen-bond donors (Lipinski definition) is 2. The van der Waals surface area contributed by atoms with Crippen molar-refractivity contribution in [2.24, 2.45) is 7.05 Å². The lowest BCUT2D eigenvalue weighted by Crippen LogP contribution is -2.40. The first-order valence-corrected chi connectivity index (χ1v) is 8.32. The minimum Gasteiger partial charge on any atom is -0.353 e. The summed E-state index contributed by atoms with van der Waals surface area (Å²) in [6, 6.07) is 7.83. The number of rotatable bonds is 6. The Morgan fingerprint density at radius 2 is 1.96 bits per heavy atom. The molecule has 1 atom stereocenters. The average molecular weight is 373 g/mol. The monoisotopic (exact) mass is 373 g/mol. The van der Waals surface area contributed by atoms with E-state index in [1.165, 1.54) is 18.2 Å². The minimum absolute atomic E-state index is 0.110. The highest BCUT2D eigenvalue weighted by Gasteiger charge is 2.21. The molecule has 0 aliphatic carbocycles. The predicted molar refractivity (Wildman–Crippen MR) is 101 cm³/mol. The Bertz CT molecular complexity index is 859. The summed E-state index contributed by atoms with van der Waals surface area (Å²) in [5.74, 6) is -1.68. The number of non-ortho nitro benzene ring substituents is 1. The lowest BCUT2D eigenvalue weighted by Gasteiger charge is -2.25. The van der Waals surface area contributed by atoms with E-state index in [0.29, 0.717) is 5.56 Å². The first-order valence-electron chi connectivity index (χ1n) is 8.32. The molecule has 1 aromatic carbocycles. The summed E-state index contributed by atoms with van der Waals surface area (Å²) < 4.78 is 1.95. The van der Waals surface area contributed by atoms with E-state index in [9.17, 15) is 19.7 Å². The van der Waals surface area contributed by atoms with Crippen LogP contribution in [-0.2, 0) is 16.6 Å². The summed E-state index contributed by atoms with van der Waals surface area (Å²) in [7, 11) is 5.68. The normalized spacial score (nSPS) is 11.9. The van der Waals surface area contributed by atoms with Gasteiger partial charge in [-0.3, -0.25) is 24.6 Å². The Morgan fingerprint density at radius 3 is 2.52 bits per heavy atom. The number of anilines is 1. The van der Waals surface area contributed by atoms with Crippen molar-refractivity contribution in [1.82, 2.24) is 14.8 Å². The van der Waals surface area contributed by atoms with Crippen LogP contribution in [0.4, 0.5) is 11.4 Å². The zero-order valence-corrected chi connectivity index (χ0v) is 15.7. The van der Waals surface area contributed by atoms with Crippen LogP contribution in [0.1, 0.15) is 17.3 Å². The number of nitrogens with zero attached hydrogens (tertiary/aromatic N) is 3. The summed E-state index contributed by atoms with van der Waals surface area (Å²) in [6.07, 6.45) is 1.91. The van der Waals surface area contributed by atoms with Gasteiger partial charge in [-0.1, -0.05) is 6.07 Å². The maximum Gasteiger partial charge on any atom is 0.313 e. The largest absolute Gasteiger partial charge is 0.353 e. The molecule has 0 saturated carbocycles. The fourth-order valence-electron chi connectivity index (χ4n) is 2.68. The first kappa shape index (κ1) is 20.1. The molecule has 1 aromatic heterocycles. The highest BCUT2D eigenvalue weighted by Crippen LogP contribution is 2.22. The number of amides is 2. The molecule has 0 radical (unpaired) electrons. The van der Waals surface area contributed by atoms with Gasteiger partial charge >= 0.3 is 11.8 Å². The second-order valence-electron chi connectivity index (χ2n) is 6.44. The van der Waals surface area contributed by atoms with Crippen LogP contribution in [-0.4, -0.2) is 46.8 Å². The van der Waals surface area contributed by atoms with Crippen LogP contribution < -0.4 is 10.6 Å². The summed E-state index contributed by atoms with van der Waals surface area (Å²) in [5, 5.41) is 15.9. The number of carbonyl (C=O) groups is 2. The van der Waals surface area contributed by atoms with Crippen LogP contribution in [0.25, 0.3) is 0 Å². The molecule has 9 heteroatoms. The van der Waals surface area contributed by atoms with Crippen molar-refractivity contribution in [3.63, 3.8) is 0 Å². The smallest absolute Gasteiger partial charge is 0.313 e. The quantitative estimate of drug-likeness (QED) is 0.454. The number of nitro benzene ring substituents is 1. The maximum absolute atomic E-state index is 12.2. The second-order valence-corrected chi connectivity index (χ2v) is 6.44. The van der Waals surface area contributed by atoms with Crippen LogP contribution in [0.15, 0.2) is 36.5 Å². The van der Waals surface area contributed by atoms with Gasteiger partial charge in [-0.25, -0.2) is 0 Å². The fraction of sp³-hybridized carbons (Fsp3) is 0.333. The molecule has 0 fully saturated rings. The van der Waals surface area contributed by atoms with Crippen molar-refractivity contribution in [2.45, 2.75) is 13.0 Å². The maximum atomic E-state index is 12.2. The number of hydrogen-bond acceptors (Lipinski definition) is 5. The van der Waals surface area contributed by atoms with Crippen molar-refractivity contribution in [3.05, 3.63) is 57.9 Å². The Hall–Kier alpha value is -3.20. The van der Waals surface area contributed by atoms with Gasteiger partial charge in [0.15, 0.2) is 0 Å². The molecular formula is C18H23N5O4. The van der Waals surface area contributed by atoms with E-state index in [1.54, 1.807) is 6.92 Å². The summed E-state index contributed by atoms with van der Waals surface area (Å²) in [5.41, 5.74) is 1.69. The van der Waals surface area contributed by atoms with E-state index in [2.05, 4.69) is 10.6 Å². The third-order valence-electron chi connectivity index (χ3n) is 4.29. The molecule has 2 N–H and O–H groups in total. The Kier molecular flexibility index (Phi) is 6.30. The highest BCUT2D eigenvalue weighted by atomic mass is 16.6. The number of aryl methyl sites for hydroxylation is 2. The first-order chi connectivity index (χ1) is 12.7. The van der Waals surface area contributed by atoms with Crippen LogP contribution in [0.5, 0.6) is 0 Å². The molecule has 0 bridgehead atoms. The van der Waals surface area contributed by atoms with Crippen molar-refractivity contribution in [1.29, 1.82) is 0 Å². The van der Waals surface area contributed by atoms with Crippen LogP contribution in [0, 0.1) is 17.0 Å². The second kappa shape index (κ2) is 8.45. The van der Waals surface area contributed by atoms with Gasteiger partial charge in [0.1, 0.15) is 0 Å². The summed E-state index contributed by atoms with van der Waals surface area (Å²) in [6.45, 7) is 1.93. The molecule has 0 aliphatic heterocycles. The number of aromatic nitrogens is 1. The van der Waals surface area contributed by atoms with Gasteiger partial charge < -0.3 is 15.2 Å². The van der Waals surface area contributed by atoms with Gasteiger partial charge in [0.2, 0.25) is 0 Å². The third-order valence-corrected chi connectivity index (χ3v) is 4.29. The minimum atomic E-state index is -0.872. The van der Waals surface area contributed by atoms with Crippen LogP contribution in [0.3, 0.4) is 0 Å². The van der Waals surface area contributed by atoms with Crippen LogP contribution >= 0.6 is 0 Å². The molecule has 9 nitrogen and oxygen atoms in total. The number of likely N-dealkylation sites (N-methyl/N-ethyl adjacent to an activating group) is 1. The van der Waals surface area contributed by atoms with E-state index in [1.807, 2.05) is 48.9 Å². The Morgan fingerprint density at radius 1 is 1.26 bits per heavy atom. The number of benzene rings is 1. The van der Waals surface area contributed by atoms with E-state index in [0.717, 1.165) is 5.69 Å². The molecular weight excluding hydrogens is 350 g/mol. The third kappa shape index (κ3) is 4.91. The molecule has 0 spiro atoms. The van der Waals surface area contributed by atoms with E-state index >= 15 is 0 Å². The molecule has 144 valence electrons. The number of nitro groups is 1. The zero-order chi connectivity index (χ0) is 20.1. The van der Waals surface area contributed by atoms with Gasteiger partial charge in [0.25, 0.3) is 5.69 Å². The molecule has 1 unspecified atom stereocenters. The van der Waals surface area contributed by atoms with Gasteiger partial charge in [-0.15, -0.1) is 0 Å². The molecule has 1 heterocycles. The van der Waals surface area contributed by atoms with Gasteiger partial charge in [0, 0.05) is 37.6 Å². The standard InChI is InChI=1S/C18H23N5O4/c1-12-7-8-13(23(26)27)10-14(12)20-18(25)17(24)19-11-16(21(2)3)15-6-5-9-22(15)4/h5-10,16H,11H2,1-4H3,(H,19,24)(H,20,25). The van der Waals surface area contributed by atoms with Crippen molar-refractivity contribution >= 4 is 23.2 Å². The summed E-state index contributed by atoms with van der Waals surface area (Å²) in [4.78, 5) is 36.6. The molecule has 2 rings (SSSR count). The molecule has 2 aromatic rings. The Balaban J connectivity index is 2.03. The van der Waals surface area contributed by atoms with E-state index in [4.69, 9.17) is 0 Å². The van der Waals surface area contributed by atoms with Crippen molar-refractivity contribution in [2.75, 3.05) is 26.0 Å². The molecule has 27 heavy (non-hydrogen) atoms. The topological polar surface area (TPSA) is 110 Å². The van der Waals surface area contributed by atoms with E-state index in [-0.39, 0.29) is 24.0 Å². The fourth-order valence-corrected chi connectivity index (χ4v) is 2.68. The van der Waals surface area contributed by atoms with E-state index < -0.39 is 16.7 Å². The molecule has 0 aliphatic rings. The molecule has 0 saturated heterocycles. The molecule has 2 amide bonds. The van der Waals surface area contributed by atoms with Crippen molar-refractivity contribution in [3.8, 4) is 0 Å². The Labute approximate surface area is 157 Å². The number of nitrogens with one attached hydrogen (secondary N) is 2. The van der Waals surface area contributed by atoms with Crippen LogP contribution in [0.2, 0.25) is 0 Å². The van der Waals surface area contributed by atoms with Gasteiger partial charge in [0.05, 0.1) is 16.7 Å². The lowest BCUT2D eigenvalue weighted by atomic mass is 10.1. The zero-order valence-electron chi connectivity index (χ0n) is 15.7. The van der Waals surface area contributed by atoms with Gasteiger partial charge in [-0.2, -0.15) is 0 Å². The predicted octanol–water partition coefficient (Wildman–Crippen LogP) is 1.60. The van der Waals surface area contributed by atoms with Gasteiger partial charge in [-0.05, 0) is 38.7 Å². The average Bonchev–Trinajstić information content (AvgIpc) is 3.02. The highest BCUT2D eigenvalue weighted by molar-refractivity contribution is 6.39. The SMILES string of the molecule is Cc1ccc([N+](=O)[O-])cc1NC(=O)C(=O)NCC(c1cccn1C)N(C)C. The number of carbonyl (C=O) groups excluding carboxylic acids is 2. The lowest BCUT2D eigenvalue weighted by molar-refractivity contribution is -0.384. The van der Waals surface area contributed by atoms with Crippen molar-refractivity contribution < 1.29 is 14.5 Å². The summed E-state index contributed by atoms with van der Waals surface area (Å²) >= 11 is 0.